The van der Waals surface area contributed by atoms with Gasteiger partial charge in [-0.25, -0.2) is 4.98 Å². The summed E-state index contributed by atoms with van der Waals surface area (Å²) in [4.78, 5) is 32.6. The molecular weight excluding hydrogens is 483 g/mol. The second-order valence-corrected chi connectivity index (χ2v) is 8.70. The lowest BCUT2D eigenvalue weighted by atomic mass is 10.0. The Morgan fingerprint density at radius 1 is 1.17 bits per heavy atom. The van der Waals surface area contributed by atoms with Crippen LogP contribution in [0.3, 0.4) is 0 Å². The Morgan fingerprint density at radius 3 is 2.43 bits per heavy atom. The maximum absolute atomic E-state index is 13.5. The molecule has 180 valence electrons. The van der Waals surface area contributed by atoms with E-state index in [2.05, 4.69) is 4.98 Å². The molecule has 1 aliphatic heterocycles. The van der Waals surface area contributed by atoms with Crippen molar-refractivity contribution in [2.45, 2.75) is 38.9 Å². The molecule has 0 atom stereocenters. The predicted octanol–water partition coefficient (Wildman–Crippen LogP) is 3.77. The number of carbonyl (C=O) groups excluding carboxylic acids is 1. The van der Waals surface area contributed by atoms with E-state index in [9.17, 15) is 27.9 Å². The van der Waals surface area contributed by atoms with E-state index in [1.807, 2.05) is 0 Å². The number of aromatic nitrogens is 2. The van der Waals surface area contributed by atoms with E-state index in [4.69, 9.17) is 17.5 Å². The number of rotatable bonds is 3. The number of hydrogen-bond acceptors (Lipinski definition) is 6. The van der Waals surface area contributed by atoms with Gasteiger partial charge in [0.15, 0.2) is 5.11 Å². The average Bonchev–Trinajstić information content (AvgIpc) is 2.98. The summed E-state index contributed by atoms with van der Waals surface area (Å²) < 4.78 is 41.6. The highest BCUT2D eigenvalue weighted by Crippen LogP contribution is 2.39. The zero-order valence-electron chi connectivity index (χ0n) is 18.7. The van der Waals surface area contributed by atoms with Crippen LogP contribution in [0.15, 0.2) is 41.3 Å². The lowest BCUT2D eigenvalue weighted by Crippen LogP contribution is -2.44. The number of halogens is 3. The molecule has 3 aromatic rings. The summed E-state index contributed by atoms with van der Waals surface area (Å²) in [7, 11) is 0. The maximum atomic E-state index is 13.5. The van der Waals surface area contributed by atoms with Crippen LogP contribution in [0.25, 0.3) is 5.65 Å². The van der Waals surface area contributed by atoms with Crippen LogP contribution in [-0.4, -0.2) is 31.0 Å². The topological polar surface area (TPSA) is 102 Å². The van der Waals surface area contributed by atoms with E-state index in [1.54, 1.807) is 26.8 Å². The van der Waals surface area contributed by atoms with Gasteiger partial charge in [0, 0.05) is 6.20 Å². The molecule has 1 aromatic carbocycles. The molecule has 1 saturated heterocycles. The SMILES string of the molecule is CCc1nc2ccc(N3C(=S)N(c4ccc(C#N)c(C(F)(F)F)c4)C(=O)C3(C)C)cn2c(=O)c1O. The lowest BCUT2D eigenvalue weighted by Gasteiger charge is -2.29. The predicted molar refractivity (Wildman–Crippen MR) is 125 cm³/mol. The summed E-state index contributed by atoms with van der Waals surface area (Å²) in [6, 6.07) is 7.51. The van der Waals surface area contributed by atoms with Crippen LogP contribution in [0.2, 0.25) is 0 Å². The number of fused-ring (bicyclic) bond motifs is 1. The van der Waals surface area contributed by atoms with Gasteiger partial charge in [-0.3, -0.25) is 18.9 Å². The number of aromatic hydroxyl groups is 1. The number of hydrogen-bond donors (Lipinski definition) is 1. The number of pyridine rings is 1. The van der Waals surface area contributed by atoms with Crippen molar-refractivity contribution in [3.8, 4) is 11.8 Å². The molecule has 0 spiro atoms. The summed E-state index contributed by atoms with van der Waals surface area (Å²) >= 11 is 5.50. The first kappa shape index (κ1) is 24.2. The molecule has 1 amide bonds. The summed E-state index contributed by atoms with van der Waals surface area (Å²) in [6.45, 7) is 4.82. The Bertz CT molecular complexity index is 1510. The number of benzene rings is 1. The monoisotopic (exact) mass is 501 g/mol. The number of thiocarbonyl (C=S) groups is 1. The first-order valence-corrected chi connectivity index (χ1v) is 10.8. The zero-order valence-corrected chi connectivity index (χ0v) is 19.5. The maximum Gasteiger partial charge on any atom is 0.417 e. The molecular formula is C23H18F3N5O3S. The Balaban J connectivity index is 1.85. The number of alkyl halides is 3. The number of nitrogens with zero attached hydrogens (tertiary/aromatic N) is 5. The van der Waals surface area contributed by atoms with Crippen LogP contribution in [0.5, 0.6) is 5.75 Å². The van der Waals surface area contributed by atoms with Crippen molar-refractivity contribution >= 4 is 40.3 Å². The first-order valence-electron chi connectivity index (χ1n) is 10.4. The molecule has 0 bridgehead atoms. The van der Waals surface area contributed by atoms with Gasteiger partial charge in [-0.05, 0) is 62.8 Å². The number of carbonyl (C=O) groups is 1. The molecule has 0 unspecified atom stereocenters. The summed E-state index contributed by atoms with van der Waals surface area (Å²) in [6.07, 6.45) is -3.11. The quantitative estimate of drug-likeness (QED) is 0.545. The highest BCUT2D eigenvalue weighted by molar-refractivity contribution is 7.81. The Kier molecular flexibility index (Phi) is 5.56. The van der Waals surface area contributed by atoms with Crippen LogP contribution in [0.4, 0.5) is 24.5 Å². The number of aryl methyl sites for hydroxylation is 1. The van der Waals surface area contributed by atoms with Gasteiger partial charge < -0.3 is 10.0 Å². The van der Waals surface area contributed by atoms with Crippen molar-refractivity contribution in [2.24, 2.45) is 0 Å². The number of amides is 1. The van der Waals surface area contributed by atoms with Gasteiger partial charge in [-0.2, -0.15) is 18.4 Å². The van der Waals surface area contributed by atoms with E-state index < -0.39 is 40.1 Å². The summed E-state index contributed by atoms with van der Waals surface area (Å²) in [5.41, 5.74) is -3.16. The van der Waals surface area contributed by atoms with E-state index in [1.165, 1.54) is 29.3 Å². The Labute approximate surface area is 202 Å². The van der Waals surface area contributed by atoms with E-state index in [0.29, 0.717) is 18.2 Å². The fourth-order valence-electron chi connectivity index (χ4n) is 4.00. The molecule has 8 nitrogen and oxygen atoms in total. The molecule has 0 aliphatic carbocycles. The molecule has 35 heavy (non-hydrogen) atoms. The third kappa shape index (κ3) is 3.68. The van der Waals surface area contributed by atoms with Gasteiger partial charge in [0.1, 0.15) is 11.2 Å². The smallest absolute Gasteiger partial charge is 0.417 e. The van der Waals surface area contributed by atoms with Crippen molar-refractivity contribution in [1.29, 1.82) is 5.26 Å². The van der Waals surface area contributed by atoms with Crippen LogP contribution in [0.1, 0.15) is 37.6 Å². The lowest BCUT2D eigenvalue weighted by molar-refractivity contribution is -0.137. The average molecular weight is 501 g/mol. The first-order chi connectivity index (χ1) is 16.3. The molecule has 1 N–H and O–H groups in total. The van der Waals surface area contributed by atoms with E-state index >= 15 is 0 Å². The van der Waals surface area contributed by atoms with Crippen LogP contribution >= 0.6 is 12.2 Å². The normalized spacial score (nSPS) is 15.7. The third-order valence-electron chi connectivity index (χ3n) is 5.80. The fraction of sp³-hybridized carbons (Fsp3) is 0.261. The van der Waals surface area contributed by atoms with Gasteiger partial charge in [-0.15, -0.1) is 0 Å². The van der Waals surface area contributed by atoms with Gasteiger partial charge in [-0.1, -0.05) is 6.92 Å². The Hall–Kier alpha value is -3.98. The Morgan fingerprint density at radius 2 is 1.83 bits per heavy atom. The van der Waals surface area contributed by atoms with E-state index in [0.717, 1.165) is 15.4 Å². The molecule has 12 heteroatoms. The largest absolute Gasteiger partial charge is 0.502 e. The van der Waals surface area contributed by atoms with Crippen molar-refractivity contribution < 1.29 is 23.1 Å². The van der Waals surface area contributed by atoms with E-state index in [-0.39, 0.29) is 22.1 Å². The van der Waals surface area contributed by atoms with Gasteiger partial charge in [0.2, 0.25) is 5.75 Å². The van der Waals surface area contributed by atoms with Gasteiger partial charge >= 0.3 is 6.18 Å². The van der Waals surface area contributed by atoms with Crippen molar-refractivity contribution in [3.63, 3.8) is 0 Å². The molecule has 0 saturated carbocycles. The van der Waals surface area contributed by atoms with Gasteiger partial charge in [0.05, 0.1) is 34.3 Å². The third-order valence-corrected chi connectivity index (χ3v) is 6.17. The molecule has 3 heterocycles. The van der Waals surface area contributed by atoms with Crippen LogP contribution in [-0.2, 0) is 17.4 Å². The van der Waals surface area contributed by atoms with Crippen LogP contribution in [0, 0.1) is 11.3 Å². The molecule has 4 rings (SSSR count). The molecule has 1 aliphatic rings. The molecule has 2 aromatic heterocycles. The highest BCUT2D eigenvalue weighted by Gasteiger charge is 2.51. The van der Waals surface area contributed by atoms with Crippen molar-refractivity contribution in [3.05, 3.63) is 63.7 Å². The zero-order chi connectivity index (χ0) is 25.9. The highest BCUT2D eigenvalue weighted by atomic mass is 32.1. The van der Waals surface area contributed by atoms with Crippen molar-refractivity contribution in [2.75, 3.05) is 9.80 Å². The minimum atomic E-state index is -4.81. The second-order valence-electron chi connectivity index (χ2n) is 8.34. The van der Waals surface area contributed by atoms with Gasteiger partial charge in [0.25, 0.3) is 11.5 Å². The van der Waals surface area contributed by atoms with Crippen molar-refractivity contribution in [1.82, 2.24) is 9.38 Å². The van der Waals surface area contributed by atoms with Crippen LogP contribution < -0.4 is 15.4 Å². The second kappa shape index (κ2) is 8.06. The fourth-order valence-corrected chi connectivity index (χ4v) is 4.52. The minimum Gasteiger partial charge on any atom is -0.502 e. The summed E-state index contributed by atoms with van der Waals surface area (Å²) in [5, 5.41) is 19.1. The number of nitriles is 1. The summed E-state index contributed by atoms with van der Waals surface area (Å²) in [5.74, 6) is -1.10. The molecule has 0 radical (unpaired) electrons. The number of anilines is 2. The standard InChI is InChI=1S/C23H18F3N5O3S/c1-4-16-18(32)19(33)29-11-14(7-8-17(29)28-16)31-21(35)30(20(34)22(31,2)3)13-6-5-12(10-27)15(9-13)23(24,25)26/h5-9,11,32H,4H2,1-3H3. The minimum absolute atomic E-state index is 0.118. The molecule has 1 fully saturated rings.